The molecule has 1 fully saturated rings. The van der Waals surface area contributed by atoms with Crippen LogP contribution in [0.5, 0.6) is 0 Å². The molecule has 0 aromatic heterocycles. The van der Waals surface area contributed by atoms with Crippen molar-refractivity contribution in [1.29, 1.82) is 0 Å². The van der Waals surface area contributed by atoms with Crippen molar-refractivity contribution in [2.45, 2.75) is 0 Å². The molecule has 1 heterocycles. The summed E-state index contributed by atoms with van der Waals surface area (Å²) in [6.07, 6.45) is 0. The van der Waals surface area contributed by atoms with Gasteiger partial charge >= 0.3 is 6.03 Å². The highest BCUT2D eigenvalue weighted by molar-refractivity contribution is 7.96. The molecule has 5 nitrogen and oxygen atoms in total. The first-order valence-electron chi connectivity index (χ1n) is 4.43. The average Bonchev–Trinajstić information content (AvgIpc) is 2.44. The van der Waals surface area contributed by atoms with Crippen LogP contribution in [0, 0.1) is 5.21 Å². The van der Waals surface area contributed by atoms with Crippen LogP contribution in [-0.2, 0) is 0 Å². The van der Waals surface area contributed by atoms with Gasteiger partial charge in [0.1, 0.15) is 7.05 Å². The molecule has 6 heteroatoms. The summed E-state index contributed by atoms with van der Waals surface area (Å²) in [7, 11) is 2.91. The Balaban J connectivity index is 2.31. The van der Waals surface area contributed by atoms with E-state index in [4.69, 9.17) is 0 Å². The van der Waals surface area contributed by atoms with Gasteiger partial charge in [-0.1, -0.05) is 18.2 Å². The molecule has 2 rings (SSSR count). The van der Waals surface area contributed by atoms with E-state index in [9.17, 15) is 10.0 Å². The second-order valence-corrected chi connectivity index (χ2v) is 4.53. The van der Waals surface area contributed by atoms with Crippen molar-refractivity contribution in [3.8, 4) is 0 Å². The van der Waals surface area contributed by atoms with Crippen molar-refractivity contribution in [3.05, 3.63) is 35.5 Å². The van der Waals surface area contributed by atoms with E-state index in [0.29, 0.717) is 0 Å². The van der Waals surface area contributed by atoms with Gasteiger partial charge in [-0.25, -0.2) is 4.79 Å². The first kappa shape index (κ1) is 10.3. The maximum atomic E-state index is 11.8. The topological polar surface area (TPSA) is 46.6 Å². The third kappa shape index (κ3) is 1.67. The van der Waals surface area contributed by atoms with E-state index in [-0.39, 0.29) is 6.03 Å². The number of anilines is 1. The lowest BCUT2D eigenvalue weighted by molar-refractivity contribution is -0.829. The van der Waals surface area contributed by atoms with Gasteiger partial charge < -0.3 is 5.21 Å². The van der Waals surface area contributed by atoms with Crippen LogP contribution >= 0.6 is 12.1 Å². The highest BCUT2D eigenvalue weighted by Gasteiger charge is 2.43. The zero-order chi connectivity index (χ0) is 11.1. The van der Waals surface area contributed by atoms with Crippen molar-refractivity contribution < 1.29 is 8.96 Å². The Morgan fingerprint density at radius 3 is 2.40 bits per heavy atom. The summed E-state index contributed by atoms with van der Waals surface area (Å²) in [5.41, 5.74) is 0.719. The smallest absolute Gasteiger partial charge is 0.384 e. The zero-order valence-corrected chi connectivity index (χ0v) is 9.27. The molecule has 0 aliphatic carbocycles. The number of nitrogens with zero attached hydrogens (tertiary/aromatic N) is 3. The van der Waals surface area contributed by atoms with Gasteiger partial charge in [0.15, 0.2) is 0 Å². The Labute approximate surface area is 92.3 Å². The van der Waals surface area contributed by atoms with E-state index < -0.39 is 4.16 Å². The molecule has 1 atom stereocenters. The maximum absolute atomic E-state index is 11.8. The first-order valence-corrected chi connectivity index (χ1v) is 5.16. The van der Waals surface area contributed by atoms with Crippen LogP contribution in [0.4, 0.5) is 10.5 Å². The minimum Gasteiger partial charge on any atom is -0.593 e. The summed E-state index contributed by atoms with van der Waals surface area (Å²) in [5.74, 6) is 0. The number of para-hydroxylation sites is 1. The Hall–Kier alpha value is -1.24. The fourth-order valence-corrected chi connectivity index (χ4v) is 2.14. The van der Waals surface area contributed by atoms with Crippen molar-refractivity contribution in [2.75, 3.05) is 18.4 Å². The molecular formula is C9H11N3O2S. The van der Waals surface area contributed by atoms with Gasteiger partial charge in [-0.2, -0.15) is 13.5 Å². The molecule has 0 bridgehead atoms. The largest absolute Gasteiger partial charge is 0.593 e. The molecule has 1 saturated heterocycles. The molecule has 1 aliphatic heterocycles. The molecule has 0 N–H and O–H groups in total. The van der Waals surface area contributed by atoms with E-state index in [1.165, 1.54) is 18.4 Å². The molecule has 0 spiro atoms. The van der Waals surface area contributed by atoms with E-state index in [1.54, 1.807) is 12.1 Å². The molecule has 1 aliphatic rings. The van der Waals surface area contributed by atoms with Crippen LogP contribution in [-0.4, -0.2) is 29.3 Å². The van der Waals surface area contributed by atoms with Crippen LogP contribution in [0.3, 0.4) is 0 Å². The predicted molar refractivity (Wildman–Crippen MR) is 59.2 cm³/mol. The Bertz CT molecular complexity index is 382. The highest BCUT2D eigenvalue weighted by Crippen LogP contribution is 2.37. The van der Waals surface area contributed by atoms with Gasteiger partial charge in [-0.05, 0) is 12.1 Å². The molecule has 80 valence electrons. The van der Waals surface area contributed by atoms with Crippen molar-refractivity contribution in [1.82, 2.24) is 5.01 Å². The number of urea groups is 1. The van der Waals surface area contributed by atoms with E-state index in [1.807, 2.05) is 18.2 Å². The lowest BCUT2D eigenvalue weighted by Gasteiger charge is -2.32. The van der Waals surface area contributed by atoms with Crippen molar-refractivity contribution in [2.24, 2.45) is 0 Å². The van der Waals surface area contributed by atoms with Gasteiger partial charge in [0, 0.05) is 0 Å². The van der Waals surface area contributed by atoms with Crippen LogP contribution in [0.2, 0.25) is 0 Å². The number of benzene rings is 1. The van der Waals surface area contributed by atoms with Gasteiger partial charge in [-0.3, -0.25) is 0 Å². The summed E-state index contributed by atoms with van der Waals surface area (Å²) in [4.78, 5) is 11.7. The SMILES string of the molecule is CN1C(=O)N(c2ccccc2)S[N+]1(C)[O-]. The third-order valence-electron chi connectivity index (χ3n) is 2.22. The fourth-order valence-electron chi connectivity index (χ4n) is 1.25. The Morgan fingerprint density at radius 2 is 1.93 bits per heavy atom. The summed E-state index contributed by atoms with van der Waals surface area (Å²) in [6, 6.07) is 8.81. The van der Waals surface area contributed by atoms with Crippen LogP contribution in [0.15, 0.2) is 30.3 Å². The van der Waals surface area contributed by atoms with Crippen LogP contribution in [0.25, 0.3) is 0 Å². The molecule has 1 aromatic carbocycles. The number of hydroxylamine groups is 1. The molecule has 0 radical (unpaired) electrons. The number of carbonyl (C=O) groups excluding carboxylic acids is 1. The fraction of sp³-hybridized carbons (Fsp3) is 0.222. The average molecular weight is 225 g/mol. The summed E-state index contributed by atoms with van der Waals surface area (Å²) in [5, 5.41) is 12.9. The molecule has 1 unspecified atom stereocenters. The monoisotopic (exact) mass is 225 g/mol. The normalized spacial score (nSPS) is 26.2. The number of amides is 2. The standard InChI is InChI=1S/C9H11N3O2S/c1-10-9(13)11(15-12(10,2)14)8-6-4-3-5-7-8/h3-7H,1-2H3. The minimum atomic E-state index is -0.770. The highest BCUT2D eigenvalue weighted by atomic mass is 32.2. The predicted octanol–water partition coefficient (Wildman–Crippen LogP) is 1.98. The Kier molecular flexibility index (Phi) is 2.34. The Morgan fingerprint density at radius 1 is 1.33 bits per heavy atom. The number of carbonyl (C=O) groups is 1. The zero-order valence-electron chi connectivity index (χ0n) is 8.45. The summed E-state index contributed by atoms with van der Waals surface area (Å²) in [6.45, 7) is 0. The van der Waals surface area contributed by atoms with Gasteiger partial charge in [0.2, 0.25) is 12.1 Å². The van der Waals surface area contributed by atoms with Gasteiger partial charge in [0.05, 0.1) is 12.7 Å². The van der Waals surface area contributed by atoms with Crippen LogP contribution in [0.1, 0.15) is 0 Å². The lowest BCUT2D eigenvalue weighted by Crippen LogP contribution is -2.42. The molecular weight excluding hydrogens is 214 g/mol. The number of quaternary nitrogens is 1. The van der Waals surface area contributed by atoms with Gasteiger partial charge in [0.25, 0.3) is 0 Å². The first-order chi connectivity index (χ1) is 7.02. The second-order valence-electron chi connectivity index (χ2n) is 3.32. The molecule has 15 heavy (non-hydrogen) atoms. The van der Waals surface area contributed by atoms with E-state index >= 15 is 0 Å². The van der Waals surface area contributed by atoms with Gasteiger partial charge in [-0.15, -0.1) is 0 Å². The molecule has 0 saturated carbocycles. The lowest BCUT2D eigenvalue weighted by atomic mass is 10.3. The molecule has 1 aromatic rings. The second kappa shape index (κ2) is 3.41. The number of hydrogen-bond donors (Lipinski definition) is 0. The summed E-state index contributed by atoms with van der Waals surface area (Å²) >= 11 is 0.929. The van der Waals surface area contributed by atoms with E-state index in [0.717, 1.165) is 22.8 Å². The van der Waals surface area contributed by atoms with Crippen molar-refractivity contribution >= 4 is 23.9 Å². The van der Waals surface area contributed by atoms with Crippen LogP contribution < -0.4 is 4.31 Å². The van der Waals surface area contributed by atoms with Crippen molar-refractivity contribution in [3.63, 3.8) is 0 Å². The van der Waals surface area contributed by atoms with E-state index in [2.05, 4.69) is 0 Å². The maximum Gasteiger partial charge on any atom is 0.384 e. The minimum absolute atomic E-state index is 0.302. The third-order valence-corrected chi connectivity index (χ3v) is 3.30. The quantitative estimate of drug-likeness (QED) is 0.417. The number of hydrogen-bond acceptors (Lipinski definition) is 3. The summed E-state index contributed by atoms with van der Waals surface area (Å²) < 4.78 is 0.626. The number of rotatable bonds is 1. The molecule has 2 amide bonds.